The SMILES string of the molecule is C=NCN1C(=O)O[C@H]2C[C@]1(O)C/C=C/C=C(\C)Cc1cc(OC)c(-c3ccc(NC(=O)CCSSC)cc3)c(c1)N(C)C(=O)C[C@H](OC(=O)C(C)C)[C@]1(C)O[C@H]1[C@@H]2C. The maximum atomic E-state index is 14.5. The maximum absolute atomic E-state index is 14.5. The van der Waals surface area contributed by atoms with Crippen molar-refractivity contribution >= 4 is 63.6 Å². The number of esters is 1. The van der Waals surface area contributed by atoms with E-state index in [0.717, 1.165) is 16.7 Å². The van der Waals surface area contributed by atoms with Gasteiger partial charge in [0.1, 0.15) is 30.2 Å². The van der Waals surface area contributed by atoms with Crippen molar-refractivity contribution in [3.8, 4) is 16.9 Å². The second-order valence-corrected chi connectivity index (χ2v) is 18.3. The molecule has 5 rings (SSSR count). The van der Waals surface area contributed by atoms with E-state index in [1.165, 1.54) is 4.90 Å². The number of fused-ring (bicyclic) bond motifs is 5. The number of aliphatic hydroxyl groups is 1. The molecule has 3 heterocycles. The minimum atomic E-state index is -1.63. The molecule has 0 radical (unpaired) electrons. The molecule has 6 atom stereocenters. The summed E-state index contributed by atoms with van der Waals surface area (Å²) in [7, 11) is 6.51. The monoisotopic (exact) mass is 836 g/mol. The summed E-state index contributed by atoms with van der Waals surface area (Å²) in [6.45, 7) is 12.4. The number of amides is 3. The van der Waals surface area contributed by atoms with Crippen molar-refractivity contribution in [2.75, 3.05) is 43.1 Å². The van der Waals surface area contributed by atoms with Crippen LogP contribution in [0.3, 0.4) is 0 Å². The number of rotatable bonds is 11. The van der Waals surface area contributed by atoms with Crippen molar-refractivity contribution in [2.24, 2.45) is 16.8 Å². The number of nitrogens with zero attached hydrogens (tertiary/aromatic N) is 3. The summed E-state index contributed by atoms with van der Waals surface area (Å²) >= 11 is 0. The molecular weight excluding hydrogens is 781 g/mol. The van der Waals surface area contributed by atoms with Crippen LogP contribution in [0.5, 0.6) is 5.75 Å². The van der Waals surface area contributed by atoms with Crippen LogP contribution in [-0.2, 0) is 35.0 Å². The normalized spacial score (nSPS) is 27.8. The molecule has 13 nitrogen and oxygen atoms in total. The van der Waals surface area contributed by atoms with E-state index in [-0.39, 0.29) is 37.7 Å². The molecule has 4 bridgehead atoms. The van der Waals surface area contributed by atoms with Crippen LogP contribution < -0.4 is 15.0 Å². The summed E-state index contributed by atoms with van der Waals surface area (Å²) in [5.41, 5.74) is 1.77. The van der Waals surface area contributed by atoms with Gasteiger partial charge < -0.3 is 34.3 Å². The Hall–Kier alpha value is -4.31. The highest BCUT2D eigenvalue weighted by Crippen LogP contribution is 2.50. The molecule has 2 aromatic carbocycles. The first-order valence-corrected chi connectivity index (χ1v) is 22.1. The Morgan fingerprint density at radius 1 is 1.19 bits per heavy atom. The first-order chi connectivity index (χ1) is 27.5. The highest BCUT2D eigenvalue weighted by Gasteiger charge is 2.64. The Kier molecular flexibility index (Phi) is 14.8. The van der Waals surface area contributed by atoms with E-state index in [1.54, 1.807) is 61.4 Å². The smallest absolute Gasteiger partial charge is 0.413 e. The van der Waals surface area contributed by atoms with E-state index in [0.29, 0.717) is 41.3 Å². The Morgan fingerprint density at radius 2 is 1.91 bits per heavy atom. The molecule has 0 aromatic heterocycles. The quantitative estimate of drug-likeness (QED) is 0.0763. The van der Waals surface area contributed by atoms with Gasteiger partial charge in [0.25, 0.3) is 0 Å². The van der Waals surface area contributed by atoms with E-state index in [1.807, 2.05) is 74.7 Å². The number of hydrogen-bond acceptors (Lipinski definition) is 12. The van der Waals surface area contributed by atoms with Gasteiger partial charge in [0, 0.05) is 49.2 Å². The van der Waals surface area contributed by atoms with Crippen molar-refractivity contribution in [1.29, 1.82) is 0 Å². The minimum Gasteiger partial charge on any atom is -0.496 e. The Morgan fingerprint density at radius 3 is 2.57 bits per heavy atom. The molecular formula is C43H56N4O9S2. The van der Waals surface area contributed by atoms with Crippen LogP contribution in [0.15, 0.2) is 65.2 Å². The van der Waals surface area contributed by atoms with Gasteiger partial charge in [-0.3, -0.25) is 24.3 Å². The van der Waals surface area contributed by atoms with Crippen LogP contribution in [0.25, 0.3) is 11.1 Å². The number of methoxy groups -OCH3 is 1. The maximum Gasteiger partial charge on any atom is 0.413 e. The van der Waals surface area contributed by atoms with Crippen LogP contribution in [0.4, 0.5) is 16.2 Å². The number of allylic oxidation sites excluding steroid dienone is 3. The zero-order valence-electron chi connectivity index (χ0n) is 34.6. The Bertz CT molecular complexity index is 1920. The molecule has 0 aliphatic carbocycles. The number of ether oxygens (including phenoxy) is 4. The van der Waals surface area contributed by atoms with Gasteiger partial charge in [0.15, 0.2) is 5.72 Å². The van der Waals surface area contributed by atoms with Gasteiger partial charge in [-0.2, -0.15) is 0 Å². The van der Waals surface area contributed by atoms with Crippen molar-refractivity contribution in [3.05, 3.63) is 65.8 Å². The molecule has 0 unspecified atom stereocenters. The van der Waals surface area contributed by atoms with E-state index >= 15 is 0 Å². The Balaban J connectivity index is 1.58. The predicted octanol–water partition coefficient (Wildman–Crippen LogP) is 7.42. The van der Waals surface area contributed by atoms with Crippen molar-refractivity contribution in [2.45, 2.75) is 96.4 Å². The molecule has 2 aromatic rings. The second kappa shape index (κ2) is 19.2. The molecule has 58 heavy (non-hydrogen) atoms. The topological polar surface area (TPSA) is 160 Å². The number of epoxide rings is 1. The third kappa shape index (κ3) is 10.3. The fourth-order valence-corrected chi connectivity index (χ4v) is 8.69. The molecule has 2 N–H and O–H groups in total. The lowest BCUT2D eigenvalue weighted by molar-refractivity contribution is -0.162. The van der Waals surface area contributed by atoms with Crippen molar-refractivity contribution < 1.29 is 43.2 Å². The lowest BCUT2D eigenvalue weighted by Gasteiger charge is -2.45. The summed E-state index contributed by atoms with van der Waals surface area (Å²) in [5, 5.41) is 14.9. The van der Waals surface area contributed by atoms with Crippen LogP contribution in [0, 0.1) is 11.8 Å². The molecule has 2 fully saturated rings. The van der Waals surface area contributed by atoms with Gasteiger partial charge in [0.05, 0.1) is 31.2 Å². The molecule has 0 spiro atoms. The zero-order valence-corrected chi connectivity index (χ0v) is 36.2. The largest absolute Gasteiger partial charge is 0.496 e. The third-order valence-corrected chi connectivity index (χ3v) is 12.8. The van der Waals surface area contributed by atoms with E-state index in [4.69, 9.17) is 18.9 Å². The number of nitrogens with one attached hydrogen (secondary N) is 1. The molecule has 15 heteroatoms. The number of carbonyl (C=O) groups is 4. The summed E-state index contributed by atoms with van der Waals surface area (Å²) in [5.74, 6) is -0.574. The van der Waals surface area contributed by atoms with Crippen LogP contribution in [0.2, 0.25) is 0 Å². The molecule has 2 saturated heterocycles. The van der Waals surface area contributed by atoms with E-state index in [9.17, 15) is 24.3 Å². The molecule has 3 aliphatic rings. The second-order valence-electron chi connectivity index (χ2n) is 15.6. The number of aliphatic imine (C=N–C) groups is 1. The van der Waals surface area contributed by atoms with Gasteiger partial charge in [-0.1, -0.05) is 78.3 Å². The first kappa shape index (κ1) is 44.8. The van der Waals surface area contributed by atoms with Gasteiger partial charge in [-0.05, 0) is 68.6 Å². The predicted molar refractivity (Wildman–Crippen MR) is 230 cm³/mol. The molecule has 3 aliphatic heterocycles. The van der Waals surface area contributed by atoms with Crippen molar-refractivity contribution in [1.82, 2.24) is 4.90 Å². The van der Waals surface area contributed by atoms with E-state index in [2.05, 4.69) is 17.0 Å². The van der Waals surface area contributed by atoms with Gasteiger partial charge >= 0.3 is 12.1 Å². The lowest BCUT2D eigenvalue weighted by Crippen LogP contribution is -2.60. The fraction of sp³-hybridized carbons (Fsp3) is 0.512. The standard InChI is InChI=1S/C43H56N4O9S2/c1-26(2)40(50)55-35-23-37(49)46(7)32-21-29(22-33(53-8)38(32)30-13-15-31(16-14-30)45-36(48)17-19-58-57-9)20-27(3)12-10-11-18-43(52)24-34(28(4)39-42(35,5)56-39)54-41(51)47(43)25-44-6/h10-16,21-22,26,28,34-35,39,52H,6,17-20,23-25H2,1-5,7-9H3,(H,45,48)/b11-10+,27-12+/t28-,34+,35+,39+,42+,43-/m1/s1. The van der Waals surface area contributed by atoms with E-state index < -0.39 is 53.5 Å². The molecule has 314 valence electrons. The van der Waals surface area contributed by atoms with Crippen LogP contribution in [0.1, 0.15) is 65.9 Å². The fourth-order valence-electron chi connectivity index (χ4n) is 7.51. The highest BCUT2D eigenvalue weighted by atomic mass is 33.1. The summed E-state index contributed by atoms with van der Waals surface area (Å²) in [4.78, 5) is 60.2. The highest BCUT2D eigenvalue weighted by molar-refractivity contribution is 8.76. The number of benzene rings is 2. The molecule has 3 amide bonds. The molecule has 0 saturated carbocycles. The van der Waals surface area contributed by atoms with Gasteiger partial charge in [-0.15, -0.1) is 0 Å². The minimum absolute atomic E-state index is 0.0651. The van der Waals surface area contributed by atoms with Gasteiger partial charge in [-0.25, -0.2) is 4.79 Å². The van der Waals surface area contributed by atoms with Crippen LogP contribution >= 0.6 is 21.6 Å². The number of hydrogen-bond donors (Lipinski definition) is 2. The average molecular weight is 837 g/mol. The number of carbonyl (C=O) groups excluding carboxylic acids is 4. The summed E-state index contributed by atoms with van der Waals surface area (Å²) in [6, 6.07) is 11.3. The van der Waals surface area contributed by atoms with Crippen molar-refractivity contribution in [3.63, 3.8) is 0 Å². The number of anilines is 2. The first-order valence-electron chi connectivity index (χ1n) is 19.4. The summed E-state index contributed by atoms with van der Waals surface area (Å²) in [6.07, 6.45) is 5.37. The van der Waals surface area contributed by atoms with Crippen LogP contribution in [-0.4, -0.2) is 103 Å². The Labute approximate surface area is 349 Å². The lowest BCUT2D eigenvalue weighted by atomic mass is 9.84. The summed E-state index contributed by atoms with van der Waals surface area (Å²) < 4.78 is 24.2. The zero-order chi connectivity index (χ0) is 42.4. The van der Waals surface area contributed by atoms with Gasteiger partial charge in [0.2, 0.25) is 11.8 Å². The third-order valence-electron chi connectivity index (χ3n) is 11.0. The average Bonchev–Trinajstić information content (AvgIpc) is 3.88.